The molecular formula is C8H16N2O. The average Bonchev–Trinajstić information content (AvgIpc) is 1.85. The molecule has 0 aliphatic heterocycles. The first-order valence-electron chi connectivity index (χ1n) is 3.69. The zero-order valence-corrected chi connectivity index (χ0v) is 7.63. The van der Waals surface area contributed by atoms with Crippen molar-refractivity contribution in [2.75, 3.05) is 13.6 Å². The van der Waals surface area contributed by atoms with Gasteiger partial charge in [0, 0.05) is 6.04 Å². The van der Waals surface area contributed by atoms with Gasteiger partial charge in [0.05, 0.1) is 18.2 Å². The molecule has 0 heterocycles. The van der Waals surface area contributed by atoms with E-state index in [0.717, 1.165) is 0 Å². The minimum atomic E-state index is -0.744. The standard InChI is InChI=1S/C8H16N2O/c1-7(8(2,3)11)10(4)6-5-9/h7,11H,6H2,1-4H3. The molecule has 0 fully saturated rings. The van der Waals surface area contributed by atoms with Crippen molar-refractivity contribution in [2.45, 2.75) is 32.4 Å². The summed E-state index contributed by atoms with van der Waals surface area (Å²) in [6.45, 7) is 5.74. The SMILES string of the molecule is CC(N(C)CC#N)C(C)(C)O. The van der Waals surface area contributed by atoms with Crippen LogP contribution in [0.5, 0.6) is 0 Å². The molecule has 1 N–H and O–H groups in total. The average molecular weight is 156 g/mol. The number of aliphatic hydroxyl groups is 1. The van der Waals surface area contributed by atoms with Crippen LogP contribution in [0.2, 0.25) is 0 Å². The Morgan fingerprint density at radius 3 is 2.36 bits per heavy atom. The predicted octanol–water partition coefficient (Wildman–Crippen LogP) is 0.601. The molecule has 0 saturated heterocycles. The Hall–Kier alpha value is -0.590. The summed E-state index contributed by atoms with van der Waals surface area (Å²) >= 11 is 0. The maximum absolute atomic E-state index is 9.53. The summed E-state index contributed by atoms with van der Waals surface area (Å²) in [5.41, 5.74) is -0.744. The lowest BCUT2D eigenvalue weighted by molar-refractivity contribution is 0.00217. The Labute approximate surface area is 68.2 Å². The molecule has 0 aromatic carbocycles. The van der Waals surface area contributed by atoms with Gasteiger partial charge in [-0.25, -0.2) is 0 Å². The normalized spacial score (nSPS) is 14.6. The third-order valence-electron chi connectivity index (χ3n) is 2.00. The number of rotatable bonds is 3. The van der Waals surface area contributed by atoms with E-state index in [9.17, 15) is 5.11 Å². The highest BCUT2D eigenvalue weighted by atomic mass is 16.3. The summed E-state index contributed by atoms with van der Waals surface area (Å²) in [6, 6.07) is 2.04. The van der Waals surface area contributed by atoms with Gasteiger partial charge in [-0.05, 0) is 27.8 Å². The van der Waals surface area contributed by atoms with Crippen LogP contribution in [0, 0.1) is 11.3 Å². The van der Waals surface area contributed by atoms with Crippen molar-refractivity contribution >= 4 is 0 Å². The number of hydrogen-bond donors (Lipinski definition) is 1. The van der Waals surface area contributed by atoms with E-state index >= 15 is 0 Å². The van der Waals surface area contributed by atoms with Gasteiger partial charge < -0.3 is 5.11 Å². The fourth-order valence-corrected chi connectivity index (χ4v) is 0.788. The maximum Gasteiger partial charge on any atom is 0.0866 e. The molecule has 3 heteroatoms. The summed E-state index contributed by atoms with van der Waals surface area (Å²) < 4.78 is 0. The van der Waals surface area contributed by atoms with Crippen molar-refractivity contribution in [2.24, 2.45) is 0 Å². The molecule has 0 spiro atoms. The smallest absolute Gasteiger partial charge is 0.0866 e. The molecule has 1 atom stereocenters. The van der Waals surface area contributed by atoms with Crippen molar-refractivity contribution in [3.63, 3.8) is 0 Å². The maximum atomic E-state index is 9.53. The van der Waals surface area contributed by atoms with E-state index in [1.807, 2.05) is 24.9 Å². The molecule has 0 saturated carbocycles. The summed E-state index contributed by atoms with van der Waals surface area (Å²) in [4.78, 5) is 1.82. The Bertz CT molecular complexity index is 154. The van der Waals surface area contributed by atoms with Crippen molar-refractivity contribution in [3.8, 4) is 6.07 Å². The summed E-state index contributed by atoms with van der Waals surface area (Å²) in [5, 5.41) is 17.9. The lowest BCUT2D eigenvalue weighted by Crippen LogP contribution is -2.45. The number of nitriles is 1. The molecule has 1 unspecified atom stereocenters. The highest BCUT2D eigenvalue weighted by Crippen LogP contribution is 2.12. The van der Waals surface area contributed by atoms with Crippen molar-refractivity contribution in [1.29, 1.82) is 5.26 Å². The van der Waals surface area contributed by atoms with Crippen LogP contribution in [0.3, 0.4) is 0 Å². The molecule has 0 aromatic heterocycles. The topological polar surface area (TPSA) is 47.3 Å². The van der Waals surface area contributed by atoms with Crippen LogP contribution in [0.1, 0.15) is 20.8 Å². The van der Waals surface area contributed by atoms with E-state index in [-0.39, 0.29) is 6.04 Å². The summed E-state index contributed by atoms with van der Waals surface area (Å²) in [6.07, 6.45) is 0. The van der Waals surface area contributed by atoms with Gasteiger partial charge in [-0.15, -0.1) is 0 Å². The molecule has 11 heavy (non-hydrogen) atoms. The summed E-state index contributed by atoms with van der Waals surface area (Å²) in [7, 11) is 1.83. The molecule has 0 radical (unpaired) electrons. The van der Waals surface area contributed by atoms with E-state index in [1.165, 1.54) is 0 Å². The minimum absolute atomic E-state index is 0.00199. The molecule has 0 aromatic rings. The number of hydrogen-bond acceptors (Lipinski definition) is 3. The summed E-state index contributed by atoms with van der Waals surface area (Å²) in [5.74, 6) is 0. The molecule has 0 aliphatic rings. The molecule has 0 amide bonds. The van der Waals surface area contributed by atoms with Crippen molar-refractivity contribution in [1.82, 2.24) is 4.90 Å². The Kier molecular flexibility index (Phi) is 3.50. The Morgan fingerprint density at radius 1 is 1.64 bits per heavy atom. The number of nitrogens with zero attached hydrogens (tertiary/aromatic N) is 2. The first kappa shape index (κ1) is 10.4. The van der Waals surface area contributed by atoms with Gasteiger partial charge >= 0.3 is 0 Å². The van der Waals surface area contributed by atoms with E-state index in [4.69, 9.17) is 5.26 Å². The van der Waals surface area contributed by atoms with Crippen molar-refractivity contribution in [3.05, 3.63) is 0 Å². The monoisotopic (exact) mass is 156 g/mol. The number of likely N-dealkylation sites (N-methyl/N-ethyl adjacent to an activating group) is 1. The van der Waals surface area contributed by atoms with Crippen LogP contribution in [-0.2, 0) is 0 Å². The Balaban J connectivity index is 4.04. The van der Waals surface area contributed by atoms with Gasteiger partial charge in [0.15, 0.2) is 0 Å². The van der Waals surface area contributed by atoms with Crippen LogP contribution < -0.4 is 0 Å². The third-order valence-corrected chi connectivity index (χ3v) is 2.00. The van der Waals surface area contributed by atoms with Crippen LogP contribution in [0.15, 0.2) is 0 Å². The van der Waals surface area contributed by atoms with E-state index < -0.39 is 5.60 Å². The third kappa shape index (κ3) is 3.35. The Morgan fingerprint density at radius 2 is 2.09 bits per heavy atom. The van der Waals surface area contributed by atoms with E-state index in [1.54, 1.807) is 13.8 Å². The van der Waals surface area contributed by atoms with Crippen LogP contribution in [0.25, 0.3) is 0 Å². The fourth-order valence-electron chi connectivity index (χ4n) is 0.788. The van der Waals surface area contributed by atoms with Crippen LogP contribution in [0.4, 0.5) is 0 Å². The molecule has 0 bridgehead atoms. The quantitative estimate of drug-likeness (QED) is 0.609. The molecule has 0 rings (SSSR count). The molecule has 0 aliphatic carbocycles. The zero-order valence-electron chi connectivity index (χ0n) is 7.63. The lowest BCUT2D eigenvalue weighted by Gasteiger charge is -2.32. The molecule has 3 nitrogen and oxygen atoms in total. The van der Waals surface area contributed by atoms with Crippen molar-refractivity contribution < 1.29 is 5.11 Å². The predicted molar refractivity (Wildman–Crippen MR) is 44.0 cm³/mol. The van der Waals surface area contributed by atoms with E-state index in [0.29, 0.717) is 6.54 Å². The first-order chi connectivity index (χ1) is 4.89. The highest BCUT2D eigenvalue weighted by Gasteiger charge is 2.25. The van der Waals surface area contributed by atoms with Crippen LogP contribution in [-0.4, -0.2) is 35.2 Å². The zero-order chi connectivity index (χ0) is 9.07. The van der Waals surface area contributed by atoms with Gasteiger partial charge in [0.25, 0.3) is 0 Å². The second kappa shape index (κ2) is 3.70. The largest absolute Gasteiger partial charge is 0.389 e. The van der Waals surface area contributed by atoms with Gasteiger partial charge in [-0.3, -0.25) is 4.90 Å². The van der Waals surface area contributed by atoms with Gasteiger partial charge in [0.1, 0.15) is 0 Å². The highest BCUT2D eigenvalue weighted by molar-refractivity contribution is 4.85. The van der Waals surface area contributed by atoms with Gasteiger partial charge in [-0.1, -0.05) is 0 Å². The van der Waals surface area contributed by atoms with Gasteiger partial charge in [-0.2, -0.15) is 5.26 Å². The second-order valence-corrected chi connectivity index (χ2v) is 3.40. The minimum Gasteiger partial charge on any atom is -0.389 e. The lowest BCUT2D eigenvalue weighted by atomic mass is 10.00. The van der Waals surface area contributed by atoms with Crippen LogP contribution >= 0.6 is 0 Å². The molecule has 64 valence electrons. The molecular weight excluding hydrogens is 140 g/mol. The van der Waals surface area contributed by atoms with E-state index in [2.05, 4.69) is 0 Å². The van der Waals surface area contributed by atoms with Gasteiger partial charge in [0.2, 0.25) is 0 Å². The second-order valence-electron chi connectivity index (χ2n) is 3.40. The first-order valence-corrected chi connectivity index (χ1v) is 3.69. The fraction of sp³-hybridized carbons (Fsp3) is 0.875.